The van der Waals surface area contributed by atoms with E-state index in [0.717, 1.165) is 6.42 Å². The summed E-state index contributed by atoms with van der Waals surface area (Å²) in [6, 6.07) is 0. The molecule has 0 aromatic rings. The van der Waals surface area contributed by atoms with Gasteiger partial charge in [0.2, 0.25) is 0 Å². The Balaban J connectivity index is 2.30. The molecule has 0 heterocycles. The van der Waals surface area contributed by atoms with Crippen molar-refractivity contribution in [2.24, 2.45) is 5.92 Å². The predicted octanol–water partition coefficient (Wildman–Crippen LogP) is 3.01. The standard InChI is InChI=1S/C8H14Cl/c1-2-7-5-3-4-6-8(7)9/h7-8H,1-6H2. The van der Waals surface area contributed by atoms with E-state index in [0.29, 0.717) is 11.3 Å². The largest absolute Gasteiger partial charge is 0.123 e. The molecule has 0 aromatic carbocycles. The van der Waals surface area contributed by atoms with Crippen LogP contribution in [0.25, 0.3) is 0 Å². The van der Waals surface area contributed by atoms with Gasteiger partial charge in [0.1, 0.15) is 0 Å². The number of hydrogen-bond acceptors (Lipinski definition) is 0. The van der Waals surface area contributed by atoms with Crippen molar-refractivity contribution in [1.29, 1.82) is 0 Å². The Hall–Kier alpha value is 0.290. The summed E-state index contributed by atoms with van der Waals surface area (Å²) < 4.78 is 0. The van der Waals surface area contributed by atoms with Gasteiger partial charge < -0.3 is 0 Å². The third-order valence-electron chi connectivity index (χ3n) is 2.19. The Morgan fingerprint density at radius 1 is 1.33 bits per heavy atom. The van der Waals surface area contributed by atoms with Crippen LogP contribution in [-0.4, -0.2) is 5.38 Å². The second-order valence-electron chi connectivity index (χ2n) is 2.85. The lowest BCUT2D eigenvalue weighted by Gasteiger charge is -2.25. The number of alkyl halides is 1. The van der Waals surface area contributed by atoms with Crippen molar-refractivity contribution < 1.29 is 0 Å². The van der Waals surface area contributed by atoms with E-state index >= 15 is 0 Å². The molecule has 0 aromatic heterocycles. The summed E-state index contributed by atoms with van der Waals surface area (Å²) in [6.07, 6.45) is 6.22. The van der Waals surface area contributed by atoms with Crippen LogP contribution in [0.4, 0.5) is 0 Å². The van der Waals surface area contributed by atoms with Crippen LogP contribution < -0.4 is 0 Å². The molecule has 1 aliphatic carbocycles. The Morgan fingerprint density at radius 3 is 2.44 bits per heavy atom. The second-order valence-corrected chi connectivity index (χ2v) is 3.41. The Morgan fingerprint density at radius 2 is 2.00 bits per heavy atom. The first-order valence-electron chi connectivity index (χ1n) is 3.78. The van der Waals surface area contributed by atoms with E-state index in [1.54, 1.807) is 0 Å². The van der Waals surface area contributed by atoms with E-state index in [1.807, 2.05) is 0 Å². The molecule has 53 valence electrons. The van der Waals surface area contributed by atoms with Crippen LogP contribution in [0.15, 0.2) is 0 Å². The number of halogens is 1. The van der Waals surface area contributed by atoms with Gasteiger partial charge >= 0.3 is 0 Å². The zero-order chi connectivity index (χ0) is 6.69. The molecule has 2 atom stereocenters. The molecule has 0 amide bonds. The van der Waals surface area contributed by atoms with Gasteiger partial charge in [-0.2, -0.15) is 0 Å². The van der Waals surface area contributed by atoms with Crippen LogP contribution in [0.3, 0.4) is 0 Å². The highest BCUT2D eigenvalue weighted by Crippen LogP contribution is 2.30. The van der Waals surface area contributed by atoms with Crippen molar-refractivity contribution in [3.63, 3.8) is 0 Å². The van der Waals surface area contributed by atoms with Crippen LogP contribution in [0, 0.1) is 12.8 Å². The van der Waals surface area contributed by atoms with Crippen molar-refractivity contribution in [2.75, 3.05) is 0 Å². The first-order valence-corrected chi connectivity index (χ1v) is 4.21. The SMILES string of the molecule is [CH2]CC1CCCCC1Cl. The molecule has 9 heavy (non-hydrogen) atoms. The quantitative estimate of drug-likeness (QED) is 0.498. The predicted molar refractivity (Wildman–Crippen MR) is 41.6 cm³/mol. The molecule has 1 fully saturated rings. The number of rotatable bonds is 1. The third-order valence-corrected chi connectivity index (χ3v) is 2.76. The molecule has 1 saturated carbocycles. The average Bonchev–Trinajstić information content (AvgIpc) is 1.89. The summed E-state index contributed by atoms with van der Waals surface area (Å²) in [4.78, 5) is 0. The van der Waals surface area contributed by atoms with Crippen LogP contribution in [-0.2, 0) is 0 Å². The smallest absolute Gasteiger partial charge is 0.0364 e. The summed E-state index contributed by atoms with van der Waals surface area (Å²) >= 11 is 6.04. The van der Waals surface area contributed by atoms with Crippen LogP contribution >= 0.6 is 11.6 Å². The molecule has 0 nitrogen and oxygen atoms in total. The van der Waals surface area contributed by atoms with Crippen molar-refractivity contribution in [1.82, 2.24) is 0 Å². The molecule has 0 N–H and O–H groups in total. The van der Waals surface area contributed by atoms with Crippen LogP contribution in [0.1, 0.15) is 32.1 Å². The first kappa shape index (κ1) is 7.40. The van der Waals surface area contributed by atoms with Crippen molar-refractivity contribution in [2.45, 2.75) is 37.5 Å². The van der Waals surface area contributed by atoms with E-state index in [-0.39, 0.29) is 0 Å². The monoisotopic (exact) mass is 145 g/mol. The number of hydrogen-bond donors (Lipinski definition) is 0. The van der Waals surface area contributed by atoms with Crippen molar-refractivity contribution >= 4 is 11.6 Å². The van der Waals surface area contributed by atoms with Crippen LogP contribution in [0.5, 0.6) is 0 Å². The maximum Gasteiger partial charge on any atom is 0.0364 e. The topological polar surface area (TPSA) is 0 Å². The van der Waals surface area contributed by atoms with Gasteiger partial charge in [-0.05, 0) is 25.2 Å². The minimum atomic E-state index is 0.427. The van der Waals surface area contributed by atoms with Gasteiger partial charge in [0, 0.05) is 5.38 Å². The first-order chi connectivity index (χ1) is 4.34. The normalized spacial score (nSPS) is 36.7. The minimum Gasteiger partial charge on any atom is -0.123 e. The van der Waals surface area contributed by atoms with Crippen molar-refractivity contribution in [3.8, 4) is 0 Å². The molecule has 1 aliphatic rings. The highest BCUT2D eigenvalue weighted by molar-refractivity contribution is 6.20. The lowest BCUT2D eigenvalue weighted by atomic mass is 9.87. The maximum absolute atomic E-state index is 6.04. The Labute approximate surface area is 62.6 Å². The molecule has 1 rings (SSSR count). The fourth-order valence-electron chi connectivity index (χ4n) is 1.49. The fourth-order valence-corrected chi connectivity index (χ4v) is 1.89. The van der Waals surface area contributed by atoms with E-state index in [2.05, 4.69) is 6.92 Å². The Kier molecular flexibility index (Phi) is 2.84. The van der Waals surface area contributed by atoms with Crippen molar-refractivity contribution in [3.05, 3.63) is 6.92 Å². The molecular formula is C8H14Cl. The van der Waals surface area contributed by atoms with Crippen LogP contribution in [0.2, 0.25) is 0 Å². The maximum atomic E-state index is 6.04. The third kappa shape index (κ3) is 1.86. The molecule has 2 unspecified atom stereocenters. The molecule has 0 aliphatic heterocycles. The van der Waals surface area contributed by atoms with Gasteiger partial charge in [0.25, 0.3) is 0 Å². The zero-order valence-corrected chi connectivity index (χ0v) is 6.53. The molecule has 0 saturated heterocycles. The Bertz CT molecular complexity index is 80.6. The van der Waals surface area contributed by atoms with Gasteiger partial charge in [-0.1, -0.05) is 19.8 Å². The fraction of sp³-hybridized carbons (Fsp3) is 0.875. The summed E-state index contributed by atoms with van der Waals surface area (Å²) in [5, 5.41) is 0.427. The zero-order valence-electron chi connectivity index (χ0n) is 5.78. The van der Waals surface area contributed by atoms with Gasteiger partial charge in [0.05, 0.1) is 0 Å². The summed E-state index contributed by atoms with van der Waals surface area (Å²) in [5.74, 6) is 0.709. The van der Waals surface area contributed by atoms with E-state index in [9.17, 15) is 0 Å². The highest BCUT2D eigenvalue weighted by atomic mass is 35.5. The molecule has 1 radical (unpaired) electrons. The lowest BCUT2D eigenvalue weighted by Crippen LogP contribution is -2.18. The van der Waals surface area contributed by atoms with E-state index in [4.69, 9.17) is 11.6 Å². The van der Waals surface area contributed by atoms with E-state index in [1.165, 1.54) is 25.7 Å². The minimum absolute atomic E-state index is 0.427. The van der Waals surface area contributed by atoms with Gasteiger partial charge in [-0.15, -0.1) is 11.6 Å². The average molecular weight is 146 g/mol. The van der Waals surface area contributed by atoms with Gasteiger partial charge in [-0.3, -0.25) is 0 Å². The summed E-state index contributed by atoms with van der Waals surface area (Å²) in [5.41, 5.74) is 0. The van der Waals surface area contributed by atoms with Gasteiger partial charge in [-0.25, -0.2) is 0 Å². The molecule has 1 heteroatoms. The summed E-state index contributed by atoms with van der Waals surface area (Å²) in [7, 11) is 0. The summed E-state index contributed by atoms with van der Waals surface area (Å²) in [6.45, 7) is 3.88. The molecular weight excluding hydrogens is 132 g/mol. The lowest BCUT2D eigenvalue weighted by molar-refractivity contribution is 0.367. The van der Waals surface area contributed by atoms with Gasteiger partial charge in [0.15, 0.2) is 0 Å². The highest BCUT2D eigenvalue weighted by Gasteiger charge is 2.20. The molecule has 0 bridgehead atoms. The van der Waals surface area contributed by atoms with E-state index < -0.39 is 0 Å². The second kappa shape index (κ2) is 3.46. The molecule has 0 spiro atoms.